The number of hydrogen-bond acceptors (Lipinski definition) is 2. The quantitative estimate of drug-likeness (QED) is 0.606. The second-order valence-corrected chi connectivity index (χ2v) is 7.45. The fraction of sp³-hybridized carbons (Fsp3) is 0.944. The first-order valence-corrected chi connectivity index (χ1v) is 8.86. The molecule has 1 N–H and O–H groups in total. The molecule has 0 saturated heterocycles. The highest BCUT2D eigenvalue weighted by Crippen LogP contribution is 2.43. The molecule has 0 radical (unpaired) electrons. The second kappa shape index (κ2) is 8.65. The number of alkyl carbamates (subject to hydrolysis) is 1. The first kappa shape index (κ1) is 18.3. The summed E-state index contributed by atoms with van der Waals surface area (Å²) in [5.74, 6) is 0. The fourth-order valence-corrected chi connectivity index (χ4v) is 3.20. The molecule has 1 unspecified atom stereocenters. The minimum atomic E-state index is -0.235. The zero-order valence-corrected chi connectivity index (χ0v) is 14.6. The zero-order chi connectivity index (χ0) is 15.8. The van der Waals surface area contributed by atoms with Gasteiger partial charge in [0.05, 0.1) is 6.61 Å². The SMILES string of the molecule is CCCCCCCCOC(=O)NC1(C)CCCCC1(C)C. The van der Waals surface area contributed by atoms with E-state index in [9.17, 15) is 4.79 Å². The Morgan fingerprint density at radius 3 is 2.29 bits per heavy atom. The van der Waals surface area contributed by atoms with Crippen LogP contribution in [0.15, 0.2) is 0 Å². The van der Waals surface area contributed by atoms with E-state index in [1.807, 2.05) is 0 Å². The number of ether oxygens (including phenoxy) is 1. The van der Waals surface area contributed by atoms with E-state index >= 15 is 0 Å². The van der Waals surface area contributed by atoms with Crippen molar-refractivity contribution in [1.82, 2.24) is 5.32 Å². The van der Waals surface area contributed by atoms with Crippen molar-refractivity contribution >= 4 is 6.09 Å². The van der Waals surface area contributed by atoms with Crippen LogP contribution < -0.4 is 5.32 Å². The third kappa shape index (κ3) is 5.88. The van der Waals surface area contributed by atoms with Gasteiger partial charge in [0.25, 0.3) is 0 Å². The lowest BCUT2D eigenvalue weighted by molar-refractivity contribution is 0.0633. The normalized spacial score (nSPS) is 24.6. The van der Waals surface area contributed by atoms with Crippen molar-refractivity contribution in [3.63, 3.8) is 0 Å². The van der Waals surface area contributed by atoms with Crippen LogP contribution in [0.5, 0.6) is 0 Å². The van der Waals surface area contributed by atoms with Crippen molar-refractivity contribution < 1.29 is 9.53 Å². The van der Waals surface area contributed by atoms with Gasteiger partial charge >= 0.3 is 6.09 Å². The summed E-state index contributed by atoms with van der Waals surface area (Å²) in [6.45, 7) is 9.44. The molecular formula is C18H35NO2. The highest BCUT2D eigenvalue weighted by Gasteiger charge is 2.44. The summed E-state index contributed by atoms with van der Waals surface area (Å²) < 4.78 is 5.36. The maximum Gasteiger partial charge on any atom is 0.407 e. The predicted molar refractivity (Wildman–Crippen MR) is 88.5 cm³/mol. The van der Waals surface area contributed by atoms with Gasteiger partial charge in [-0.2, -0.15) is 0 Å². The molecule has 0 aromatic rings. The largest absolute Gasteiger partial charge is 0.450 e. The smallest absolute Gasteiger partial charge is 0.407 e. The maximum atomic E-state index is 12.0. The molecule has 1 rings (SSSR count). The van der Waals surface area contributed by atoms with E-state index < -0.39 is 0 Å². The molecule has 21 heavy (non-hydrogen) atoms. The Morgan fingerprint density at radius 1 is 1.00 bits per heavy atom. The molecule has 1 aliphatic carbocycles. The molecule has 0 bridgehead atoms. The number of carbonyl (C=O) groups excluding carboxylic acids is 1. The summed E-state index contributed by atoms with van der Waals surface area (Å²) in [4.78, 5) is 12.0. The third-order valence-electron chi connectivity index (χ3n) is 5.33. The van der Waals surface area contributed by atoms with Gasteiger partial charge in [-0.1, -0.05) is 65.7 Å². The first-order valence-electron chi connectivity index (χ1n) is 8.86. The first-order chi connectivity index (χ1) is 9.91. The number of nitrogens with one attached hydrogen (secondary N) is 1. The van der Waals surface area contributed by atoms with Gasteiger partial charge in [0, 0.05) is 5.54 Å². The van der Waals surface area contributed by atoms with Gasteiger partial charge in [0.15, 0.2) is 0 Å². The maximum absolute atomic E-state index is 12.0. The lowest BCUT2D eigenvalue weighted by atomic mass is 9.64. The Labute approximate surface area is 131 Å². The predicted octanol–water partition coefficient (Wildman–Crippen LogP) is 5.43. The Morgan fingerprint density at radius 2 is 1.62 bits per heavy atom. The number of rotatable bonds is 8. The molecule has 0 aromatic heterocycles. The minimum absolute atomic E-state index is 0.135. The summed E-state index contributed by atoms with van der Waals surface area (Å²) >= 11 is 0. The highest BCUT2D eigenvalue weighted by atomic mass is 16.5. The standard InChI is InChI=1S/C18H35NO2/c1-5-6-7-8-9-12-15-21-16(20)19-18(4)14-11-10-13-17(18,2)3/h5-15H2,1-4H3,(H,19,20). The van der Waals surface area contributed by atoms with Gasteiger partial charge in [0.1, 0.15) is 0 Å². The average Bonchev–Trinajstić information content (AvgIpc) is 2.41. The van der Waals surface area contributed by atoms with Crippen LogP contribution in [0.25, 0.3) is 0 Å². The molecular weight excluding hydrogens is 262 g/mol. The van der Waals surface area contributed by atoms with Crippen molar-refractivity contribution in [3.8, 4) is 0 Å². The topological polar surface area (TPSA) is 38.3 Å². The van der Waals surface area contributed by atoms with E-state index in [0.29, 0.717) is 6.61 Å². The fourth-order valence-electron chi connectivity index (χ4n) is 3.20. The van der Waals surface area contributed by atoms with E-state index in [4.69, 9.17) is 4.74 Å². The van der Waals surface area contributed by atoms with E-state index in [-0.39, 0.29) is 17.0 Å². The minimum Gasteiger partial charge on any atom is -0.450 e. The monoisotopic (exact) mass is 297 g/mol. The number of unbranched alkanes of at least 4 members (excludes halogenated alkanes) is 5. The van der Waals surface area contributed by atoms with Gasteiger partial charge in [0.2, 0.25) is 0 Å². The van der Waals surface area contributed by atoms with Crippen LogP contribution in [0.1, 0.15) is 91.9 Å². The summed E-state index contributed by atoms with van der Waals surface area (Å²) in [7, 11) is 0. The van der Waals surface area contributed by atoms with E-state index in [2.05, 4.69) is 33.0 Å². The van der Waals surface area contributed by atoms with Crippen molar-refractivity contribution in [2.45, 2.75) is 97.4 Å². The van der Waals surface area contributed by atoms with Gasteiger partial charge in [-0.05, 0) is 31.6 Å². The summed E-state index contributed by atoms with van der Waals surface area (Å²) in [5.41, 5.74) is 0.00782. The van der Waals surface area contributed by atoms with Crippen LogP contribution >= 0.6 is 0 Å². The molecule has 124 valence electrons. The molecule has 3 heteroatoms. The molecule has 1 atom stereocenters. The molecule has 0 aliphatic heterocycles. The van der Waals surface area contributed by atoms with E-state index in [1.165, 1.54) is 44.9 Å². The Balaban J connectivity index is 2.21. The molecule has 1 fully saturated rings. The number of hydrogen-bond donors (Lipinski definition) is 1. The highest BCUT2D eigenvalue weighted by molar-refractivity contribution is 5.68. The molecule has 0 heterocycles. The summed E-state index contributed by atoms with van der Waals surface area (Å²) in [6, 6.07) is 0. The van der Waals surface area contributed by atoms with Crippen LogP contribution in [-0.2, 0) is 4.74 Å². The van der Waals surface area contributed by atoms with Gasteiger partial charge in [-0.25, -0.2) is 4.79 Å². The zero-order valence-electron chi connectivity index (χ0n) is 14.6. The van der Waals surface area contributed by atoms with Crippen molar-refractivity contribution in [3.05, 3.63) is 0 Å². The molecule has 1 saturated carbocycles. The van der Waals surface area contributed by atoms with Crippen LogP contribution in [0.4, 0.5) is 4.79 Å². The molecule has 1 amide bonds. The molecule has 0 aromatic carbocycles. The lowest BCUT2D eigenvalue weighted by Gasteiger charge is -2.48. The van der Waals surface area contributed by atoms with Crippen LogP contribution in [-0.4, -0.2) is 18.2 Å². The van der Waals surface area contributed by atoms with Crippen LogP contribution in [0.2, 0.25) is 0 Å². The average molecular weight is 297 g/mol. The molecule has 0 spiro atoms. The number of amides is 1. The Bertz CT molecular complexity index is 314. The van der Waals surface area contributed by atoms with Gasteiger partial charge < -0.3 is 10.1 Å². The van der Waals surface area contributed by atoms with E-state index in [0.717, 1.165) is 19.3 Å². The van der Waals surface area contributed by atoms with E-state index in [1.54, 1.807) is 0 Å². The second-order valence-electron chi connectivity index (χ2n) is 7.45. The summed E-state index contributed by atoms with van der Waals surface area (Å²) in [5, 5.41) is 3.14. The third-order valence-corrected chi connectivity index (χ3v) is 5.33. The lowest BCUT2D eigenvalue weighted by Crippen LogP contribution is -2.57. The van der Waals surface area contributed by atoms with Crippen LogP contribution in [0.3, 0.4) is 0 Å². The Kier molecular flexibility index (Phi) is 7.55. The molecule has 3 nitrogen and oxygen atoms in total. The number of carbonyl (C=O) groups is 1. The van der Waals surface area contributed by atoms with Crippen molar-refractivity contribution in [2.24, 2.45) is 5.41 Å². The summed E-state index contributed by atoms with van der Waals surface area (Å²) in [6.07, 6.45) is 11.7. The van der Waals surface area contributed by atoms with Crippen molar-refractivity contribution in [1.29, 1.82) is 0 Å². The Hall–Kier alpha value is -0.730. The van der Waals surface area contributed by atoms with Gasteiger partial charge in [-0.3, -0.25) is 0 Å². The molecule has 1 aliphatic rings. The van der Waals surface area contributed by atoms with Crippen molar-refractivity contribution in [2.75, 3.05) is 6.61 Å². The van der Waals surface area contributed by atoms with Crippen LogP contribution in [0, 0.1) is 5.41 Å². The van der Waals surface area contributed by atoms with Gasteiger partial charge in [-0.15, -0.1) is 0 Å².